The van der Waals surface area contributed by atoms with E-state index in [1.165, 1.54) is 37.8 Å². The van der Waals surface area contributed by atoms with Gasteiger partial charge in [-0.1, -0.05) is 13.3 Å². The van der Waals surface area contributed by atoms with E-state index in [-0.39, 0.29) is 5.54 Å². The number of aryl methyl sites for hydroxylation is 2. The highest BCUT2D eigenvalue weighted by Gasteiger charge is 2.37. The fourth-order valence-electron chi connectivity index (χ4n) is 3.59. The molecule has 0 aliphatic heterocycles. The average molecular weight is 278 g/mol. The minimum Gasteiger partial charge on any atom is -0.329 e. The lowest BCUT2D eigenvalue weighted by molar-refractivity contribution is 0.0561. The molecule has 0 radical (unpaired) electrons. The molecular formula is C16H30N4. The lowest BCUT2D eigenvalue weighted by Crippen LogP contribution is -2.53. The molecule has 2 N–H and O–H groups in total. The normalized spacial score (nSPS) is 27.2. The molecule has 1 aliphatic carbocycles. The zero-order valence-electron chi connectivity index (χ0n) is 13.5. The van der Waals surface area contributed by atoms with Gasteiger partial charge in [-0.15, -0.1) is 0 Å². The number of likely N-dealkylation sites (N-methyl/N-ethyl adjacent to an activating group) is 1. The Balaban J connectivity index is 2.06. The first-order valence-corrected chi connectivity index (χ1v) is 7.91. The van der Waals surface area contributed by atoms with Gasteiger partial charge in [-0.3, -0.25) is 9.58 Å². The molecule has 0 amide bonds. The van der Waals surface area contributed by atoms with Crippen LogP contribution >= 0.6 is 0 Å². The van der Waals surface area contributed by atoms with Gasteiger partial charge in [0.15, 0.2) is 0 Å². The summed E-state index contributed by atoms with van der Waals surface area (Å²) in [5.74, 6) is 0.905. The second kappa shape index (κ2) is 6.27. The lowest BCUT2D eigenvalue weighted by Gasteiger charge is -2.46. The fourth-order valence-corrected chi connectivity index (χ4v) is 3.59. The monoisotopic (exact) mass is 278 g/mol. The largest absolute Gasteiger partial charge is 0.329 e. The van der Waals surface area contributed by atoms with E-state index in [0.29, 0.717) is 0 Å². The highest BCUT2D eigenvalue weighted by atomic mass is 15.3. The van der Waals surface area contributed by atoms with E-state index in [0.717, 1.165) is 24.7 Å². The molecule has 1 aromatic heterocycles. The zero-order valence-corrected chi connectivity index (χ0v) is 13.5. The van der Waals surface area contributed by atoms with Gasteiger partial charge in [0.1, 0.15) is 0 Å². The van der Waals surface area contributed by atoms with Crippen LogP contribution in [-0.4, -0.2) is 33.8 Å². The van der Waals surface area contributed by atoms with Crippen molar-refractivity contribution in [3.05, 3.63) is 17.5 Å². The molecule has 1 fully saturated rings. The van der Waals surface area contributed by atoms with Crippen molar-refractivity contribution >= 4 is 0 Å². The maximum absolute atomic E-state index is 6.16. The van der Waals surface area contributed by atoms with Gasteiger partial charge < -0.3 is 5.73 Å². The van der Waals surface area contributed by atoms with Gasteiger partial charge in [-0.05, 0) is 51.6 Å². The molecule has 0 atom stereocenters. The second-order valence-corrected chi connectivity index (χ2v) is 6.54. The number of nitrogens with two attached hydrogens (primary N) is 1. The molecule has 2 rings (SSSR count). The summed E-state index contributed by atoms with van der Waals surface area (Å²) in [5.41, 5.74) is 8.71. The Hall–Kier alpha value is -0.870. The molecule has 1 saturated carbocycles. The van der Waals surface area contributed by atoms with Crippen LogP contribution in [0.2, 0.25) is 0 Å². The summed E-state index contributed by atoms with van der Waals surface area (Å²) in [6.07, 6.45) is 6.42. The molecule has 0 unspecified atom stereocenters. The van der Waals surface area contributed by atoms with E-state index in [2.05, 4.69) is 37.0 Å². The number of aromatic nitrogens is 2. The van der Waals surface area contributed by atoms with Crippen LogP contribution in [0.1, 0.15) is 50.4 Å². The molecule has 1 heterocycles. The maximum Gasteiger partial charge on any atom is 0.0597 e. The van der Waals surface area contributed by atoms with Gasteiger partial charge in [-0.25, -0.2) is 0 Å². The molecule has 114 valence electrons. The SMILES string of the molecule is CCC1CCC(CN)(N(C)Cc2cc(C)nn2C)CC1. The summed E-state index contributed by atoms with van der Waals surface area (Å²) in [5, 5.41) is 4.44. The first-order chi connectivity index (χ1) is 9.50. The van der Waals surface area contributed by atoms with E-state index in [9.17, 15) is 0 Å². The summed E-state index contributed by atoms with van der Waals surface area (Å²) in [6.45, 7) is 6.05. The topological polar surface area (TPSA) is 47.1 Å². The fraction of sp³-hybridized carbons (Fsp3) is 0.812. The van der Waals surface area contributed by atoms with E-state index in [4.69, 9.17) is 5.73 Å². The molecule has 1 aliphatic rings. The Labute approximate surface area is 123 Å². The molecule has 0 spiro atoms. The molecule has 1 aromatic rings. The minimum absolute atomic E-state index is 0.184. The molecule has 0 aromatic carbocycles. The van der Waals surface area contributed by atoms with Gasteiger partial charge >= 0.3 is 0 Å². The summed E-state index contributed by atoms with van der Waals surface area (Å²) in [6, 6.07) is 2.18. The van der Waals surface area contributed by atoms with Crippen molar-refractivity contribution in [2.45, 2.75) is 58.0 Å². The third-order valence-electron chi connectivity index (χ3n) is 5.30. The first kappa shape index (κ1) is 15.5. The van der Waals surface area contributed by atoms with Crippen LogP contribution in [0.25, 0.3) is 0 Å². The lowest BCUT2D eigenvalue weighted by atomic mass is 9.74. The predicted octanol–water partition coefficient (Wildman–Crippen LogP) is 2.46. The quantitative estimate of drug-likeness (QED) is 0.900. The highest BCUT2D eigenvalue weighted by Crippen LogP contribution is 2.37. The van der Waals surface area contributed by atoms with Crippen molar-refractivity contribution in [1.29, 1.82) is 0 Å². The van der Waals surface area contributed by atoms with Gasteiger partial charge in [0, 0.05) is 25.7 Å². The van der Waals surface area contributed by atoms with Gasteiger partial charge in [-0.2, -0.15) is 5.10 Å². The van der Waals surface area contributed by atoms with Gasteiger partial charge in [0.2, 0.25) is 0 Å². The highest BCUT2D eigenvalue weighted by molar-refractivity contribution is 5.09. The van der Waals surface area contributed by atoms with Crippen molar-refractivity contribution in [1.82, 2.24) is 14.7 Å². The van der Waals surface area contributed by atoms with Crippen LogP contribution in [0, 0.1) is 12.8 Å². The molecule has 0 bridgehead atoms. The smallest absolute Gasteiger partial charge is 0.0597 e. The van der Waals surface area contributed by atoms with Crippen molar-refractivity contribution in [3.8, 4) is 0 Å². The molecule has 4 nitrogen and oxygen atoms in total. The Kier molecular flexibility index (Phi) is 4.86. The van der Waals surface area contributed by atoms with Crippen LogP contribution in [-0.2, 0) is 13.6 Å². The standard InChI is InChI=1S/C16H30N4/c1-5-14-6-8-16(12-17,9-7-14)19(3)11-15-10-13(2)18-20(15)4/h10,14H,5-9,11-12,17H2,1-4H3. The third-order valence-corrected chi connectivity index (χ3v) is 5.30. The second-order valence-electron chi connectivity index (χ2n) is 6.54. The van der Waals surface area contributed by atoms with Crippen LogP contribution < -0.4 is 5.73 Å². The number of nitrogens with zero attached hydrogens (tertiary/aromatic N) is 3. The first-order valence-electron chi connectivity index (χ1n) is 7.91. The Morgan fingerprint density at radius 3 is 2.55 bits per heavy atom. The summed E-state index contributed by atoms with van der Waals surface area (Å²) in [7, 11) is 4.25. The summed E-state index contributed by atoms with van der Waals surface area (Å²) in [4.78, 5) is 2.47. The van der Waals surface area contributed by atoms with Crippen LogP contribution in [0.5, 0.6) is 0 Å². The van der Waals surface area contributed by atoms with Crippen molar-refractivity contribution < 1.29 is 0 Å². The van der Waals surface area contributed by atoms with Crippen molar-refractivity contribution in [3.63, 3.8) is 0 Å². The summed E-state index contributed by atoms with van der Waals surface area (Å²) >= 11 is 0. The number of rotatable bonds is 5. The van der Waals surface area contributed by atoms with E-state index in [1.54, 1.807) is 0 Å². The molecule has 20 heavy (non-hydrogen) atoms. The summed E-state index contributed by atoms with van der Waals surface area (Å²) < 4.78 is 1.99. The Morgan fingerprint density at radius 2 is 2.10 bits per heavy atom. The van der Waals surface area contributed by atoms with E-state index >= 15 is 0 Å². The maximum atomic E-state index is 6.16. The molecule has 4 heteroatoms. The van der Waals surface area contributed by atoms with Gasteiger partial charge in [0.05, 0.1) is 11.4 Å². The van der Waals surface area contributed by atoms with Crippen molar-refractivity contribution in [2.75, 3.05) is 13.6 Å². The van der Waals surface area contributed by atoms with Gasteiger partial charge in [0.25, 0.3) is 0 Å². The zero-order chi connectivity index (χ0) is 14.8. The molecule has 0 saturated heterocycles. The average Bonchev–Trinajstić information content (AvgIpc) is 2.76. The van der Waals surface area contributed by atoms with E-state index < -0.39 is 0 Å². The van der Waals surface area contributed by atoms with Crippen molar-refractivity contribution in [2.24, 2.45) is 18.7 Å². The van der Waals surface area contributed by atoms with E-state index in [1.807, 2.05) is 11.7 Å². The van der Waals surface area contributed by atoms with Crippen LogP contribution in [0.4, 0.5) is 0 Å². The molecular weight excluding hydrogens is 248 g/mol. The van der Waals surface area contributed by atoms with Crippen LogP contribution in [0.3, 0.4) is 0 Å². The minimum atomic E-state index is 0.184. The Morgan fingerprint density at radius 1 is 1.45 bits per heavy atom. The third kappa shape index (κ3) is 3.07. The van der Waals surface area contributed by atoms with Crippen LogP contribution in [0.15, 0.2) is 6.07 Å². The predicted molar refractivity (Wildman–Crippen MR) is 83.4 cm³/mol. The number of hydrogen-bond donors (Lipinski definition) is 1. The Bertz CT molecular complexity index is 430. The number of hydrogen-bond acceptors (Lipinski definition) is 3.